The van der Waals surface area contributed by atoms with E-state index in [1.165, 1.54) is 0 Å². The first-order valence-electron chi connectivity index (χ1n) is 10.5. The van der Waals surface area contributed by atoms with Gasteiger partial charge in [0, 0.05) is 64.6 Å². The molecule has 2 N–H and O–H groups in total. The summed E-state index contributed by atoms with van der Waals surface area (Å²) >= 11 is 0. The maximum Gasteiger partial charge on any atom is 0.225 e. The molecule has 0 atom stereocenters. The third-order valence-corrected chi connectivity index (χ3v) is 5.11. The van der Waals surface area contributed by atoms with Gasteiger partial charge in [-0.2, -0.15) is 0 Å². The lowest BCUT2D eigenvalue weighted by molar-refractivity contribution is -0.131. The van der Waals surface area contributed by atoms with Gasteiger partial charge in [0.25, 0.3) is 0 Å². The third-order valence-electron chi connectivity index (χ3n) is 5.11. The van der Waals surface area contributed by atoms with Crippen LogP contribution in [0.5, 0.6) is 0 Å². The van der Waals surface area contributed by atoms with Crippen LogP contribution in [0.25, 0.3) is 0 Å². The van der Waals surface area contributed by atoms with Crippen LogP contribution in [-0.4, -0.2) is 72.5 Å². The number of aromatic nitrogens is 2. The first-order valence-corrected chi connectivity index (χ1v) is 10.5. The Morgan fingerprint density at radius 3 is 2.34 bits per heavy atom. The molecule has 1 aliphatic rings. The lowest BCUT2D eigenvalue weighted by atomic mass is 10.0. The molecule has 0 unspecified atom stereocenters. The molecule has 0 spiro atoms. The first kappa shape index (κ1) is 25.4. The van der Waals surface area contributed by atoms with Gasteiger partial charge in [0.15, 0.2) is 5.96 Å². The topological polar surface area (TPSA) is 85.8 Å². The van der Waals surface area contributed by atoms with Gasteiger partial charge >= 0.3 is 0 Å². The molecule has 1 aromatic rings. The number of carbonyl (C=O) groups excluding carboxylic acids is 1. The van der Waals surface area contributed by atoms with Gasteiger partial charge in [-0.25, -0.2) is 9.97 Å². The SMILES string of the molecule is CCNC(=NCC(CC)CC)NCCC(=O)N1CCN(c2ncccn2)CC1.I. The van der Waals surface area contributed by atoms with Crippen molar-refractivity contribution < 1.29 is 4.79 Å². The van der Waals surface area contributed by atoms with Crippen LogP contribution in [0, 0.1) is 5.92 Å². The summed E-state index contributed by atoms with van der Waals surface area (Å²) in [7, 11) is 0. The third kappa shape index (κ3) is 8.71. The molecule has 164 valence electrons. The summed E-state index contributed by atoms with van der Waals surface area (Å²) in [5.41, 5.74) is 0. The summed E-state index contributed by atoms with van der Waals surface area (Å²) < 4.78 is 0. The second kappa shape index (κ2) is 14.4. The predicted octanol–water partition coefficient (Wildman–Crippen LogP) is 2.12. The number of piperazine rings is 1. The lowest BCUT2D eigenvalue weighted by Gasteiger charge is -2.34. The number of rotatable bonds is 9. The number of nitrogens with one attached hydrogen (secondary N) is 2. The van der Waals surface area contributed by atoms with E-state index in [9.17, 15) is 4.79 Å². The van der Waals surface area contributed by atoms with Gasteiger partial charge in [0.1, 0.15) is 0 Å². The zero-order chi connectivity index (χ0) is 20.2. The Morgan fingerprint density at radius 2 is 1.76 bits per heavy atom. The molecule has 1 saturated heterocycles. The summed E-state index contributed by atoms with van der Waals surface area (Å²) in [4.78, 5) is 29.8. The molecule has 2 heterocycles. The number of amides is 1. The molecule has 0 saturated carbocycles. The molecule has 2 rings (SSSR count). The molecule has 0 aliphatic carbocycles. The smallest absolute Gasteiger partial charge is 0.225 e. The standard InChI is InChI=1S/C20H35N7O.HI/c1-4-17(5-2)16-25-19(21-6-3)22-11-8-18(28)26-12-14-27(15-13-26)20-23-9-7-10-24-20;/h7,9-10,17H,4-6,8,11-16H2,1-3H3,(H2,21,22,25);1H. The molecule has 1 fully saturated rings. The minimum atomic E-state index is 0. The van der Waals surface area contributed by atoms with Crippen LogP contribution in [0.4, 0.5) is 5.95 Å². The highest BCUT2D eigenvalue weighted by molar-refractivity contribution is 14.0. The molecule has 0 aromatic carbocycles. The van der Waals surface area contributed by atoms with Crippen LogP contribution >= 0.6 is 24.0 Å². The van der Waals surface area contributed by atoms with Crippen molar-refractivity contribution in [3.8, 4) is 0 Å². The molecular weight excluding hydrogens is 481 g/mol. The Morgan fingerprint density at radius 1 is 1.10 bits per heavy atom. The van der Waals surface area contributed by atoms with Crippen molar-refractivity contribution in [2.75, 3.05) is 50.7 Å². The molecule has 8 nitrogen and oxygen atoms in total. The number of hydrogen-bond acceptors (Lipinski definition) is 5. The van der Waals surface area contributed by atoms with E-state index in [0.717, 1.165) is 50.9 Å². The molecule has 0 radical (unpaired) electrons. The van der Waals surface area contributed by atoms with Gasteiger partial charge in [-0.05, 0) is 18.9 Å². The largest absolute Gasteiger partial charge is 0.357 e. The highest BCUT2D eigenvalue weighted by Crippen LogP contribution is 2.10. The average Bonchev–Trinajstić information content (AvgIpc) is 2.75. The average molecular weight is 517 g/mol. The zero-order valence-electron chi connectivity index (χ0n) is 17.9. The second-order valence-electron chi connectivity index (χ2n) is 7.00. The van der Waals surface area contributed by atoms with Crippen molar-refractivity contribution >= 4 is 41.8 Å². The maximum atomic E-state index is 12.5. The van der Waals surface area contributed by atoms with Gasteiger partial charge in [-0.15, -0.1) is 24.0 Å². The van der Waals surface area contributed by atoms with E-state index in [2.05, 4.69) is 51.3 Å². The highest BCUT2D eigenvalue weighted by atomic mass is 127. The second-order valence-corrected chi connectivity index (χ2v) is 7.00. The summed E-state index contributed by atoms with van der Waals surface area (Å²) in [6, 6.07) is 1.81. The quantitative estimate of drug-likeness (QED) is 0.297. The van der Waals surface area contributed by atoms with Crippen molar-refractivity contribution in [1.82, 2.24) is 25.5 Å². The fourth-order valence-corrected chi connectivity index (χ4v) is 3.17. The summed E-state index contributed by atoms with van der Waals surface area (Å²) in [6.07, 6.45) is 6.24. The Balaban J connectivity index is 0.00000420. The van der Waals surface area contributed by atoms with Crippen LogP contribution in [0.3, 0.4) is 0 Å². The van der Waals surface area contributed by atoms with Crippen molar-refractivity contribution in [3.63, 3.8) is 0 Å². The summed E-state index contributed by atoms with van der Waals surface area (Å²) in [6.45, 7) is 11.6. The fraction of sp³-hybridized carbons (Fsp3) is 0.700. The highest BCUT2D eigenvalue weighted by Gasteiger charge is 2.22. The van der Waals surface area contributed by atoms with Gasteiger partial charge in [-0.3, -0.25) is 9.79 Å². The van der Waals surface area contributed by atoms with E-state index in [-0.39, 0.29) is 29.9 Å². The number of aliphatic imine (C=N–C) groups is 1. The van der Waals surface area contributed by atoms with Gasteiger partial charge in [0.05, 0.1) is 0 Å². The van der Waals surface area contributed by atoms with Crippen molar-refractivity contribution in [2.24, 2.45) is 10.9 Å². The molecule has 1 aliphatic heterocycles. The molecule has 9 heteroatoms. The van der Waals surface area contributed by atoms with Crippen LogP contribution in [0.15, 0.2) is 23.5 Å². The maximum absolute atomic E-state index is 12.5. The zero-order valence-corrected chi connectivity index (χ0v) is 20.3. The normalized spacial score (nSPS) is 14.6. The number of anilines is 1. The van der Waals surface area contributed by atoms with Crippen LogP contribution in [-0.2, 0) is 4.79 Å². The Labute approximate surface area is 192 Å². The molecule has 1 amide bonds. The Hall–Kier alpha value is -1.65. The molecular formula is C20H36IN7O. The van der Waals surface area contributed by atoms with Crippen LogP contribution in [0.2, 0.25) is 0 Å². The van der Waals surface area contributed by atoms with Crippen molar-refractivity contribution in [3.05, 3.63) is 18.5 Å². The number of guanidine groups is 1. The first-order chi connectivity index (χ1) is 13.7. The van der Waals surface area contributed by atoms with Gasteiger partial charge in [-0.1, -0.05) is 26.7 Å². The van der Waals surface area contributed by atoms with E-state index < -0.39 is 0 Å². The van der Waals surface area contributed by atoms with Crippen molar-refractivity contribution in [2.45, 2.75) is 40.0 Å². The van der Waals surface area contributed by atoms with Crippen LogP contribution < -0.4 is 15.5 Å². The Bertz CT molecular complexity index is 602. The Kier molecular flexibility index (Phi) is 12.6. The van der Waals surface area contributed by atoms with E-state index in [1.54, 1.807) is 12.4 Å². The number of nitrogens with zero attached hydrogens (tertiary/aromatic N) is 5. The van der Waals surface area contributed by atoms with E-state index in [1.807, 2.05) is 11.0 Å². The minimum absolute atomic E-state index is 0. The minimum Gasteiger partial charge on any atom is -0.357 e. The monoisotopic (exact) mass is 517 g/mol. The number of hydrogen-bond donors (Lipinski definition) is 2. The predicted molar refractivity (Wildman–Crippen MR) is 129 cm³/mol. The summed E-state index contributed by atoms with van der Waals surface area (Å²) in [5.74, 6) is 2.33. The van der Waals surface area contributed by atoms with Gasteiger partial charge in [0.2, 0.25) is 11.9 Å². The lowest BCUT2D eigenvalue weighted by Crippen LogP contribution is -2.50. The van der Waals surface area contributed by atoms with E-state index >= 15 is 0 Å². The van der Waals surface area contributed by atoms with Crippen LogP contribution in [0.1, 0.15) is 40.0 Å². The summed E-state index contributed by atoms with van der Waals surface area (Å²) in [5, 5.41) is 6.55. The number of carbonyl (C=O) groups is 1. The number of halogens is 1. The van der Waals surface area contributed by atoms with E-state index in [4.69, 9.17) is 0 Å². The van der Waals surface area contributed by atoms with Crippen molar-refractivity contribution in [1.29, 1.82) is 0 Å². The molecule has 0 bridgehead atoms. The molecule has 29 heavy (non-hydrogen) atoms. The van der Waals surface area contributed by atoms with Gasteiger partial charge < -0.3 is 20.4 Å². The molecule has 1 aromatic heterocycles. The van der Waals surface area contributed by atoms with E-state index in [0.29, 0.717) is 32.0 Å². The fourth-order valence-electron chi connectivity index (χ4n) is 3.17.